The van der Waals surface area contributed by atoms with Crippen LogP contribution in [0.4, 0.5) is 0 Å². The normalized spacial score (nSPS) is 10.7. The Balaban J connectivity index is 1.49. The summed E-state index contributed by atoms with van der Waals surface area (Å²) in [7, 11) is 0. The topological polar surface area (TPSA) is 41.5 Å². The van der Waals surface area contributed by atoms with Crippen molar-refractivity contribution in [3.8, 4) is 11.1 Å². The maximum Gasteiger partial charge on any atom is 0.240 e. The number of hydrazone groups is 1. The number of carbonyl (C=O) groups is 1. The summed E-state index contributed by atoms with van der Waals surface area (Å²) >= 11 is 0. The van der Waals surface area contributed by atoms with Gasteiger partial charge in [0.05, 0.1) is 6.21 Å². The van der Waals surface area contributed by atoms with Crippen molar-refractivity contribution in [1.82, 2.24) is 5.43 Å². The first-order chi connectivity index (χ1) is 12.3. The molecule has 3 nitrogen and oxygen atoms in total. The maximum atomic E-state index is 11.8. The number of hydrogen-bond acceptors (Lipinski definition) is 2. The van der Waals surface area contributed by atoms with Gasteiger partial charge in [-0.2, -0.15) is 5.10 Å². The molecule has 0 saturated heterocycles. The Morgan fingerprint density at radius 3 is 2.08 bits per heavy atom. The first-order valence-corrected chi connectivity index (χ1v) is 8.32. The first-order valence-electron chi connectivity index (χ1n) is 8.32. The van der Waals surface area contributed by atoms with E-state index in [2.05, 4.69) is 22.7 Å². The van der Waals surface area contributed by atoms with E-state index < -0.39 is 0 Å². The number of aryl methyl sites for hydroxylation is 1. The summed E-state index contributed by atoms with van der Waals surface area (Å²) in [6.07, 6.45) is 2.80. The van der Waals surface area contributed by atoms with Gasteiger partial charge in [0, 0.05) is 6.42 Å². The Morgan fingerprint density at radius 2 is 1.40 bits per heavy atom. The van der Waals surface area contributed by atoms with Crippen LogP contribution in [-0.4, -0.2) is 12.1 Å². The van der Waals surface area contributed by atoms with Crippen molar-refractivity contribution in [1.29, 1.82) is 0 Å². The molecule has 0 aliphatic heterocycles. The van der Waals surface area contributed by atoms with Gasteiger partial charge in [-0.1, -0.05) is 84.9 Å². The van der Waals surface area contributed by atoms with Crippen LogP contribution in [-0.2, 0) is 11.2 Å². The first kappa shape index (κ1) is 16.7. The van der Waals surface area contributed by atoms with E-state index in [0.29, 0.717) is 12.8 Å². The summed E-state index contributed by atoms with van der Waals surface area (Å²) in [5, 5.41) is 4.03. The fourth-order valence-corrected chi connectivity index (χ4v) is 2.53. The molecular formula is C22H20N2O. The molecule has 0 atom stereocenters. The van der Waals surface area contributed by atoms with Crippen LogP contribution in [0.15, 0.2) is 90.0 Å². The lowest BCUT2D eigenvalue weighted by Gasteiger charge is -2.02. The van der Waals surface area contributed by atoms with Crippen LogP contribution in [0.2, 0.25) is 0 Å². The standard InChI is InChI=1S/C22H20N2O/c25-22(16-13-18-7-3-1-4-8-18)24-23-17-19-11-14-21(15-12-19)20-9-5-2-6-10-20/h1-12,14-15,17H,13,16H2,(H,24,25)/b23-17+. The van der Waals surface area contributed by atoms with Crippen LogP contribution < -0.4 is 5.43 Å². The van der Waals surface area contributed by atoms with E-state index in [1.165, 1.54) is 5.56 Å². The molecule has 0 saturated carbocycles. The zero-order valence-electron chi connectivity index (χ0n) is 13.9. The lowest BCUT2D eigenvalue weighted by atomic mass is 10.0. The van der Waals surface area contributed by atoms with E-state index in [9.17, 15) is 4.79 Å². The lowest BCUT2D eigenvalue weighted by Crippen LogP contribution is -2.17. The zero-order chi connectivity index (χ0) is 17.3. The number of carbonyl (C=O) groups excluding carboxylic acids is 1. The molecule has 0 bridgehead atoms. The number of nitrogens with one attached hydrogen (secondary N) is 1. The zero-order valence-corrected chi connectivity index (χ0v) is 13.9. The van der Waals surface area contributed by atoms with Gasteiger partial charge in [-0.05, 0) is 28.7 Å². The minimum atomic E-state index is -0.0824. The van der Waals surface area contributed by atoms with Gasteiger partial charge in [0.15, 0.2) is 0 Å². The average Bonchev–Trinajstić information content (AvgIpc) is 2.68. The Hall–Kier alpha value is -3.20. The SMILES string of the molecule is O=C(CCc1ccccc1)N/N=C/c1ccc(-c2ccccc2)cc1. The van der Waals surface area contributed by atoms with Gasteiger partial charge in [-0.3, -0.25) is 4.79 Å². The Bertz CT molecular complexity index is 825. The van der Waals surface area contributed by atoms with Gasteiger partial charge < -0.3 is 0 Å². The Labute approximate surface area is 148 Å². The molecule has 1 N–H and O–H groups in total. The van der Waals surface area contributed by atoms with Gasteiger partial charge >= 0.3 is 0 Å². The lowest BCUT2D eigenvalue weighted by molar-refractivity contribution is -0.121. The molecule has 0 unspecified atom stereocenters. The molecule has 3 aromatic rings. The van der Waals surface area contributed by atoms with Gasteiger partial charge in [0.2, 0.25) is 5.91 Å². The molecular weight excluding hydrogens is 308 g/mol. The third kappa shape index (κ3) is 5.15. The molecule has 0 spiro atoms. The molecule has 0 heterocycles. The molecule has 3 heteroatoms. The van der Waals surface area contributed by atoms with E-state index in [1.54, 1.807) is 6.21 Å². The molecule has 0 aromatic heterocycles. The predicted octanol–water partition coefficient (Wildman–Crippen LogP) is 4.44. The van der Waals surface area contributed by atoms with Crippen LogP contribution in [0, 0.1) is 0 Å². The van der Waals surface area contributed by atoms with Crippen molar-refractivity contribution in [3.05, 3.63) is 96.1 Å². The second-order valence-electron chi connectivity index (χ2n) is 5.77. The van der Waals surface area contributed by atoms with E-state index in [-0.39, 0.29) is 5.91 Å². The summed E-state index contributed by atoms with van der Waals surface area (Å²) < 4.78 is 0. The third-order valence-corrected chi connectivity index (χ3v) is 3.90. The van der Waals surface area contributed by atoms with Crippen molar-refractivity contribution in [2.75, 3.05) is 0 Å². The summed E-state index contributed by atoms with van der Waals surface area (Å²) in [5.41, 5.74) is 7.01. The summed E-state index contributed by atoms with van der Waals surface area (Å²) in [6, 6.07) is 28.2. The number of hydrogen-bond donors (Lipinski definition) is 1. The van der Waals surface area contributed by atoms with Gasteiger partial charge in [0.1, 0.15) is 0 Å². The second kappa shape index (κ2) is 8.60. The summed E-state index contributed by atoms with van der Waals surface area (Å²) in [6.45, 7) is 0. The highest BCUT2D eigenvalue weighted by Gasteiger charge is 2.00. The highest BCUT2D eigenvalue weighted by atomic mass is 16.2. The van der Waals surface area contributed by atoms with E-state index in [0.717, 1.165) is 16.7 Å². The van der Waals surface area contributed by atoms with E-state index >= 15 is 0 Å². The minimum absolute atomic E-state index is 0.0824. The van der Waals surface area contributed by atoms with Gasteiger partial charge in [0.25, 0.3) is 0 Å². The largest absolute Gasteiger partial charge is 0.273 e. The molecule has 124 valence electrons. The maximum absolute atomic E-state index is 11.8. The number of nitrogens with zero attached hydrogens (tertiary/aromatic N) is 1. The van der Waals surface area contributed by atoms with Crippen molar-refractivity contribution < 1.29 is 4.79 Å². The summed E-state index contributed by atoms with van der Waals surface area (Å²) in [5.74, 6) is -0.0824. The fraction of sp³-hybridized carbons (Fsp3) is 0.0909. The molecule has 3 aromatic carbocycles. The van der Waals surface area contributed by atoms with E-state index in [4.69, 9.17) is 0 Å². The second-order valence-corrected chi connectivity index (χ2v) is 5.77. The highest BCUT2D eigenvalue weighted by Crippen LogP contribution is 2.18. The number of amides is 1. The smallest absolute Gasteiger partial charge is 0.240 e. The van der Waals surface area contributed by atoms with Crippen molar-refractivity contribution in [3.63, 3.8) is 0 Å². The van der Waals surface area contributed by atoms with Crippen LogP contribution in [0.3, 0.4) is 0 Å². The molecule has 25 heavy (non-hydrogen) atoms. The molecule has 0 fully saturated rings. The predicted molar refractivity (Wildman–Crippen MR) is 102 cm³/mol. The highest BCUT2D eigenvalue weighted by molar-refractivity contribution is 5.83. The van der Waals surface area contributed by atoms with Crippen LogP contribution >= 0.6 is 0 Å². The number of rotatable bonds is 6. The van der Waals surface area contributed by atoms with Crippen LogP contribution in [0.25, 0.3) is 11.1 Å². The third-order valence-electron chi connectivity index (χ3n) is 3.90. The summed E-state index contributed by atoms with van der Waals surface area (Å²) in [4.78, 5) is 11.8. The van der Waals surface area contributed by atoms with Gasteiger partial charge in [-0.15, -0.1) is 0 Å². The van der Waals surface area contributed by atoms with Crippen molar-refractivity contribution >= 4 is 12.1 Å². The van der Waals surface area contributed by atoms with Crippen molar-refractivity contribution in [2.24, 2.45) is 5.10 Å². The average molecular weight is 328 g/mol. The Morgan fingerprint density at radius 1 is 0.800 bits per heavy atom. The van der Waals surface area contributed by atoms with E-state index in [1.807, 2.05) is 72.8 Å². The number of benzene rings is 3. The van der Waals surface area contributed by atoms with Crippen LogP contribution in [0.5, 0.6) is 0 Å². The van der Waals surface area contributed by atoms with Crippen LogP contribution in [0.1, 0.15) is 17.5 Å². The van der Waals surface area contributed by atoms with Gasteiger partial charge in [-0.25, -0.2) is 5.43 Å². The minimum Gasteiger partial charge on any atom is -0.273 e. The monoisotopic (exact) mass is 328 g/mol. The Kier molecular flexibility index (Phi) is 5.73. The van der Waals surface area contributed by atoms with Crippen molar-refractivity contribution in [2.45, 2.75) is 12.8 Å². The molecule has 0 aliphatic rings. The fourth-order valence-electron chi connectivity index (χ4n) is 2.53. The molecule has 3 rings (SSSR count). The quantitative estimate of drug-likeness (QED) is 0.527. The molecule has 0 aliphatic carbocycles. The molecule has 0 radical (unpaired) electrons. The molecule has 1 amide bonds.